The first kappa shape index (κ1) is 26.0. The number of alkyl halides is 3. The molecule has 0 aliphatic rings. The van der Waals surface area contributed by atoms with E-state index in [-0.39, 0.29) is 6.42 Å². The van der Waals surface area contributed by atoms with Gasteiger partial charge in [-0.25, -0.2) is 4.79 Å². The monoisotopic (exact) mass is 483 g/mol. The number of methoxy groups -OCH3 is 1. The van der Waals surface area contributed by atoms with Gasteiger partial charge >= 0.3 is 12.3 Å². The Labute approximate surface area is 203 Å². The molecule has 35 heavy (non-hydrogen) atoms. The molecule has 0 radical (unpaired) electrons. The zero-order chi connectivity index (χ0) is 25.1. The summed E-state index contributed by atoms with van der Waals surface area (Å²) in [6.07, 6.45) is -4.60. The fourth-order valence-electron chi connectivity index (χ4n) is 3.88. The number of nitrogens with zero attached hydrogens (tertiary/aromatic N) is 1. The molecule has 0 N–H and O–H groups in total. The van der Waals surface area contributed by atoms with Crippen molar-refractivity contribution in [3.8, 4) is 0 Å². The molecule has 3 aromatic rings. The van der Waals surface area contributed by atoms with E-state index in [1.165, 1.54) is 0 Å². The Kier molecular flexibility index (Phi) is 9.49. The lowest BCUT2D eigenvalue weighted by molar-refractivity contribution is -0.103. The molecule has 0 unspecified atom stereocenters. The number of carbonyl (C=O) groups is 1. The first-order valence-electron chi connectivity index (χ1n) is 11.2. The fourth-order valence-corrected chi connectivity index (χ4v) is 3.88. The number of hydrogen-bond acceptors (Lipinski definition) is 4. The second-order valence-electron chi connectivity index (χ2n) is 8.00. The third-order valence-corrected chi connectivity index (χ3v) is 5.53. The highest BCUT2D eigenvalue weighted by atomic mass is 19.4. The third-order valence-electron chi connectivity index (χ3n) is 5.53. The van der Waals surface area contributed by atoms with Gasteiger partial charge in [0.05, 0.1) is 7.11 Å². The normalized spacial score (nSPS) is 12.9. The lowest BCUT2D eigenvalue weighted by Crippen LogP contribution is -2.41. The van der Waals surface area contributed by atoms with Crippen LogP contribution in [0, 0.1) is 0 Å². The van der Waals surface area contributed by atoms with E-state index in [4.69, 9.17) is 4.74 Å². The molecule has 0 amide bonds. The Morgan fingerprint density at radius 2 is 1.29 bits per heavy atom. The fraction of sp³-hybridized carbons (Fsp3) is 0.250. The lowest BCUT2D eigenvalue weighted by atomic mass is 9.95. The molecule has 3 aromatic carbocycles. The van der Waals surface area contributed by atoms with Gasteiger partial charge in [-0.05, 0) is 29.2 Å². The molecule has 0 bridgehead atoms. The Balaban J connectivity index is 2.04. The predicted octanol–water partition coefficient (Wildman–Crippen LogP) is 6.57. The summed E-state index contributed by atoms with van der Waals surface area (Å²) in [6, 6.07) is 26.9. The molecule has 0 spiro atoms. The number of rotatable bonds is 10. The molecule has 4 nitrogen and oxygen atoms in total. The van der Waals surface area contributed by atoms with Crippen LogP contribution in [0.4, 0.5) is 18.0 Å². The van der Waals surface area contributed by atoms with Crippen LogP contribution in [0.5, 0.6) is 0 Å². The van der Waals surface area contributed by atoms with E-state index in [2.05, 4.69) is 4.74 Å². The molecule has 0 saturated heterocycles. The molecular formula is C28H28F3NO3. The quantitative estimate of drug-likeness (QED) is 0.241. The summed E-state index contributed by atoms with van der Waals surface area (Å²) < 4.78 is 52.5. The standard InChI is InChI=1S/C28H28F3NO3/c1-34-27(33)35-18-17-25(28(29,30)31)26(19-22-11-5-2-6-12-22)32(20-23-13-7-3-8-14-23)21-24-15-9-4-10-16-24/h2-17,26H,18-21H2,1H3/b25-17-/t26-/m0/s1. The summed E-state index contributed by atoms with van der Waals surface area (Å²) >= 11 is 0. The van der Waals surface area contributed by atoms with Crippen molar-refractivity contribution in [2.45, 2.75) is 31.7 Å². The Hall–Kier alpha value is -3.58. The van der Waals surface area contributed by atoms with Gasteiger partial charge in [-0.3, -0.25) is 4.90 Å². The van der Waals surface area contributed by atoms with Crippen LogP contribution >= 0.6 is 0 Å². The van der Waals surface area contributed by atoms with Crippen molar-refractivity contribution in [3.63, 3.8) is 0 Å². The topological polar surface area (TPSA) is 38.8 Å². The zero-order valence-corrected chi connectivity index (χ0v) is 19.4. The molecule has 0 aliphatic heterocycles. The van der Waals surface area contributed by atoms with E-state index in [1.54, 1.807) is 0 Å². The van der Waals surface area contributed by atoms with Gasteiger partial charge in [0.2, 0.25) is 0 Å². The first-order valence-corrected chi connectivity index (χ1v) is 11.2. The minimum Gasteiger partial charge on any atom is -0.438 e. The van der Waals surface area contributed by atoms with Crippen LogP contribution in [0.2, 0.25) is 0 Å². The van der Waals surface area contributed by atoms with Crippen LogP contribution in [0.25, 0.3) is 0 Å². The molecule has 0 fully saturated rings. The number of carbonyl (C=O) groups excluding carboxylic acids is 1. The highest BCUT2D eigenvalue weighted by molar-refractivity contribution is 5.59. The maximum atomic E-state index is 14.5. The minimum atomic E-state index is -4.63. The second kappa shape index (κ2) is 12.8. The molecule has 184 valence electrons. The second-order valence-corrected chi connectivity index (χ2v) is 8.00. The van der Waals surface area contributed by atoms with Crippen molar-refractivity contribution in [2.75, 3.05) is 13.7 Å². The van der Waals surface area contributed by atoms with Crippen LogP contribution in [0.3, 0.4) is 0 Å². The molecule has 7 heteroatoms. The van der Waals surface area contributed by atoms with Gasteiger partial charge < -0.3 is 9.47 Å². The zero-order valence-electron chi connectivity index (χ0n) is 19.4. The molecule has 0 aromatic heterocycles. The molecule has 0 aliphatic carbocycles. The van der Waals surface area contributed by atoms with Gasteiger partial charge in [-0.1, -0.05) is 91.0 Å². The predicted molar refractivity (Wildman–Crippen MR) is 129 cm³/mol. The number of ether oxygens (including phenoxy) is 2. The van der Waals surface area contributed by atoms with Crippen LogP contribution in [-0.4, -0.2) is 37.0 Å². The van der Waals surface area contributed by atoms with E-state index in [0.29, 0.717) is 13.1 Å². The van der Waals surface area contributed by atoms with Crippen LogP contribution < -0.4 is 0 Å². The highest BCUT2D eigenvalue weighted by Crippen LogP contribution is 2.34. The Morgan fingerprint density at radius 3 is 1.71 bits per heavy atom. The van der Waals surface area contributed by atoms with Crippen LogP contribution in [0.15, 0.2) is 103 Å². The molecular weight excluding hydrogens is 455 g/mol. The van der Waals surface area contributed by atoms with Gasteiger partial charge in [0, 0.05) is 24.7 Å². The summed E-state index contributed by atoms with van der Waals surface area (Å²) in [7, 11) is 1.11. The highest BCUT2D eigenvalue weighted by Gasteiger charge is 2.41. The molecule has 3 rings (SSSR count). The van der Waals surface area contributed by atoms with E-state index in [1.807, 2.05) is 95.9 Å². The van der Waals surface area contributed by atoms with Gasteiger partial charge in [-0.2, -0.15) is 13.2 Å². The molecule has 1 atom stereocenters. The minimum absolute atomic E-state index is 0.129. The van der Waals surface area contributed by atoms with E-state index < -0.39 is 30.6 Å². The van der Waals surface area contributed by atoms with Crippen LogP contribution in [0.1, 0.15) is 16.7 Å². The van der Waals surface area contributed by atoms with Crippen molar-refractivity contribution < 1.29 is 27.4 Å². The summed E-state index contributed by atoms with van der Waals surface area (Å²) in [6.45, 7) is 0.0638. The summed E-state index contributed by atoms with van der Waals surface area (Å²) in [5.41, 5.74) is 1.80. The van der Waals surface area contributed by atoms with E-state index in [9.17, 15) is 18.0 Å². The molecule has 0 heterocycles. The SMILES string of the molecule is COC(=O)OC/C=C(/[C@H](Cc1ccccc1)N(Cc1ccccc1)Cc1ccccc1)C(F)(F)F. The lowest BCUT2D eigenvalue weighted by Gasteiger charge is -2.35. The average molecular weight is 484 g/mol. The third kappa shape index (κ3) is 8.30. The first-order chi connectivity index (χ1) is 16.9. The van der Waals surface area contributed by atoms with E-state index >= 15 is 0 Å². The van der Waals surface area contributed by atoms with E-state index in [0.717, 1.165) is 29.9 Å². The van der Waals surface area contributed by atoms with Crippen molar-refractivity contribution >= 4 is 6.16 Å². The van der Waals surface area contributed by atoms with Crippen molar-refractivity contribution in [1.82, 2.24) is 4.90 Å². The van der Waals surface area contributed by atoms with Crippen molar-refractivity contribution in [3.05, 3.63) is 119 Å². The van der Waals surface area contributed by atoms with Crippen molar-refractivity contribution in [2.24, 2.45) is 0 Å². The van der Waals surface area contributed by atoms with Gasteiger partial charge in [0.1, 0.15) is 6.61 Å². The van der Waals surface area contributed by atoms with Crippen LogP contribution in [-0.2, 0) is 29.0 Å². The van der Waals surface area contributed by atoms with Gasteiger partial charge in [-0.15, -0.1) is 0 Å². The largest absolute Gasteiger partial charge is 0.508 e. The Morgan fingerprint density at radius 1 is 0.829 bits per heavy atom. The molecule has 0 saturated carbocycles. The summed E-state index contributed by atoms with van der Waals surface area (Å²) in [5.74, 6) is 0. The summed E-state index contributed by atoms with van der Waals surface area (Å²) in [4.78, 5) is 13.2. The smallest absolute Gasteiger partial charge is 0.438 e. The van der Waals surface area contributed by atoms with Gasteiger partial charge in [0.15, 0.2) is 0 Å². The maximum Gasteiger partial charge on any atom is 0.508 e. The summed E-state index contributed by atoms with van der Waals surface area (Å²) in [5, 5.41) is 0. The number of benzene rings is 3. The number of hydrogen-bond donors (Lipinski definition) is 0. The number of halogens is 3. The van der Waals surface area contributed by atoms with Crippen molar-refractivity contribution in [1.29, 1.82) is 0 Å². The maximum absolute atomic E-state index is 14.5. The Bertz CT molecular complexity index is 1030. The average Bonchev–Trinajstić information content (AvgIpc) is 2.86. The van der Waals surface area contributed by atoms with Gasteiger partial charge in [0.25, 0.3) is 0 Å².